The van der Waals surface area contributed by atoms with Crippen LogP contribution in [0.5, 0.6) is 0 Å². The Hall–Kier alpha value is -1.08. The van der Waals surface area contributed by atoms with Gasteiger partial charge in [-0.25, -0.2) is 0 Å². The zero-order chi connectivity index (χ0) is 14.0. The van der Waals surface area contributed by atoms with Gasteiger partial charge in [0.25, 0.3) is 0 Å². The molecule has 106 valence electrons. The molecule has 0 aromatic carbocycles. The number of hydrogen-bond acceptors (Lipinski definition) is 5. The molecular weight excluding hydrogens is 266 g/mol. The minimum Gasteiger partial charge on any atom is -0.481 e. The summed E-state index contributed by atoms with van der Waals surface area (Å²) in [6.45, 7) is 4.14. The van der Waals surface area contributed by atoms with Gasteiger partial charge in [-0.2, -0.15) is 0 Å². The average molecular weight is 285 g/mol. The highest BCUT2D eigenvalue weighted by Crippen LogP contribution is 2.38. The molecule has 0 unspecified atom stereocenters. The Morgan fingerprint density at radius 2 is 2.21 bits per heavy atom. The van der Waals surface area contributed by atoms with Gasteiger partial charge >= 0.3 is 5.97 Å². The molecule has 0 amide bonds. The summed E-state index contributed by atoms with van der Waals surface area (Å²) >= 11 is 1.23. The molecule has 0 atom stereocenters. The summed E-state index contributed by atoms with van der Waals surface area (Å²) in [4.78, 5) is 10.7. The maximum Gasteiger partial charge on any atom is 0.313 e. The molecule has 2 rings (SSSR count). The molecule has 7 heteroatoms. The second-order valence-corrected chi connectivity index (χ2v) is 5.97. The quantitative estimate of drug-likeness (QED) is 0.805. The number of carboxylic acids is 1. The van der Waals surface area contributed by atoms with Gasteiger partial charge in [0, 0.05) is 19.1 Å². The number of rotatable bonds is 6. The number of methoxy groups -OCH3 is 1. The SMILES string of the molecule is COC1CC(n2c(SCC(=O)O)nnc2C(C)C)C1. The van der Waals surface area contributed by atoms with E-state index in [4.69, 9.17) is 9.84 Å². The van der Waals surface area contributed by atoms with Gasteiger partial charge in [0.2, 0.25) is 0 Å². The van der Waals surface area contributed by atoms with Gasteiger partial charge < -0.3 is 14.4 Å². The summed E-state index contributed by atoms with van der Waals surface area (Å²) in [5, 5.41) is 17.8. The van der Waals surface area contributed by atoms with Gasteiger partial charge in [-0.1, -0.05) is 25.6 Å². The van der Waals surface area contributed by atoms with Crippen molar-refractivity contribution in [2.75, 3.05) is 12.9 Å². The molecular formula is C12H19N3O3S. The Kier molecular flexibility index (Phi) is 4.46. The largest absolute Gasteiger partial charge is 0.481 e. The fourth-order valence-corrected chi connectivity index (χ4v) is 2.92. The number of hydrogen-bond donors (Lipinski definition) is 1. The first kappa shape index (κ1) is 14.3. The predicted molar refractivity (Wildman–Crippen MR) is 71.5 cm³/mol. The van der Waals surface area contributed by atoms with Crippen LogP contribution < -0.4 is 0 Å². The first-order valence-corrected chi connectivity index (χ1v) is 7.33. The van der Waals surface area contributed by atoms with Crippen molar-refractivity contribution < 1.29 is 14.6 Å². The molecule has 19 heavy (non-hydrogen) atoms. The monoisotopic (exact) mass is 285 g/mol. The van der Waals surface area contributed by atoms with E-state index in [0.717, 1.165) is 18.7 Å². The van der Waals surface area contributed by atoms with E-state index in [1.165, 1.54) is 11.8 Å². The Morgan fingerprint density at radius 1 is 1.53 bits per heavy atom. The average Bonchev–Trinajstić information content (AvgIpc) is 2.69. The smallest absolute Gasteiger partial charge is 0.313 e. The predicted octanol–water partition coefficient (Wildman–Crippen LogP) is 1.93. The first-order chi connectivity index (χ1) is 9.02. The van der Waals surface area contributed by atoms with E-state index >= 15 is 0 Å². The van der Waals surface area contributed by atoms with Gasteiger partial charge in [-0.15, -0.1) is 10.2 Å². The number of nitrogens with zero attached hydrogens (tertiary/aromatic N) is 3. The topological polar surface area (TPSA) is 77.2 Å². The highest BCUT2D eigenvalue weighted by Gasteiger charge is 2.34. The zero-order valence-electron chi connectivity index (χ0n) is 11.4. The molecule has 0 saturated heterocycles. The Morgan fingerprint density at radius 3 is 2.74 bits per heavy atom. The summed E-state index contributed by atoms with van der Waals surface area (Å²) in [7, 11) is 1.72. The van der Waals surface area contributed by atoms with E-state index in [1.54, 1.807) is 7.11 Å². The highest BCUT2D eigenvalue weighted by molar-refractivity contribution is 7.99. The van der Waals surface area contributed by atoms with Gasteiger partial charge in [0.05, 0.1) is 11.9 Å². The number of aliphatic carboxylic acids is 1. The van der Waals surface area contributed by atoms with Crippen LogP contribution in [0.3, 0.4) is 0 Å². The van der Waals surface area contributed by atoms with Crippen LogP contribution in [-0.2, 0) is 9.53 Å². The molecule has 1 N–H and O–H groups in total. The molecule has 0 aliphatic heterocycles. The van der Waals surface area contributed by atoms with E-state index < -0.39 is 5.97 Å². The van der Waals surface area contributed by atoms with Crippen LogP contribution >= 0.6 is 11.8 Å². The Labute approximate surface area is 116 Å². The van der Waals surface area contributed by atoms with E-state index in [9.17, 15) is 4.79 Å². The van der Waals surface area contributed by atoms with E-state index in [1.807, 2.05) is 0 Å². The summed E-state index contributed by atoms with van der Waals surface area (Å²) < 4.78 is 7.39. The molecule has 0 spiro atoms. The van der Waals surface area contributed by atoms with Crippen LogP contribution in [-0.4, -0.2) is 44.8 Å². The summed E-state index contributed by atoms with van der Waals surface area (Å²) in [5.41, 5.74) is 0. The number of thioether (sulfide) groups is 1. The lowest BCUT2D eigenvalue weighted by atomic mass is 9.88. The van der Waals surface area contributed by atoms with Crippen molar-refractivity contribution in [2.24, 2.45) is 0 Å². The normalized spacial score (nSPS) is 22.5. The molecule has 1 saturated carbocycles. The van der Waals surface area contributed by atoms with Crippen LogP contribution in [0.25, 0.3) is 0 Å². The van der Waals surface area contributed by atoms with Gasteiger partial charge in [0.15, 0.2) is 5.16 Å². The van der Waals surface area contributed by atoms with E-state index in [-0.39, 0.29) is 11.7 Å². The molecule has 1 aromatic rings. The van der Waals surface area contributed by atoms with Gasteiger partial charge in [-0.3, -0.25) is 4.79 Å². The number of carbonyl (C=O) groups is 1. The van der Waals surface area contributed by atoms with Crippen LogP contribution in [0.2, 0.25) is 0 Å². The molecule has 1 aliphatic carbocycles. The third-order valence-electron chi connectivity index (χ3n) is 3.30. The molecule has 0 bridgehead atoms. The fourth-order valence-electron chi connectivity index (χ4n) is 2.19. The number of ether oxygens (including phenoxy) is 1. The van der Waals surface area contributed by atoms with Crippen LogP contribution in [0, 0.1) is 0 Å². The van der Waals surface area contributed by atoms with Gasteiger partial charge in [-0.05, 0) is 12.8 Å². The molecule has 1 fully saturated rings. The molecule has 6 nitrogen and oxygen atoms in total. The highest BCUT2D eigenvalue weighted by atomic mass is 32.2. The Balaban J connectivity index is 2.17. The third-order valence-corrected chi connectivity index (χ3v) is 4.23. The number of aromatic nitrogens is 3. The van der Waals surface area contributed by atoms with Crippen LogP contribution in [0.4, 0.5) is 0 Å². The van der Waals surface area contributed by atoms with Crippen molar-refractivity contribution in [1.29, 1.82) is 0 Å². The zero-order valence-corrected chi connectivity index (χ0v) is 12.2. The number of carboxylic acid groups (broad SMARTS) is 1. The molecule has 1 aromatic heterocycles. The molecule has 0 radical (unpaired) electrons. The second-order valence-electron chi connectivity index (χ2n) is 5.03. The third kappa shape index (κ3) is 3.09. The first-order valence-electron chi connectivity index (χ1n) is 6.35. The van der Waals surface area contributed by atoms with Crippen molar-refractivity contribution >= 4 is 17.7 Å². The summed E-state index contributed by atoms with van der Waals surface area (Å²) in [5.74, 6) is 0.367. The summed E-state index contributed by atoms with van der Waals surface area (Å²) in [6.07, 6.45) is 2.17. The minimum absolute atomic E-state index is 0.0106. The second kappa shape index (κ2) is 5.92. The van der Waals surface area contributed by atoms with Crippen molar-refractivity contribution in [3.8, 4) is 0 Å². The van der Waals surface area contributed by atoms with Crippen molar-refractivity contribution in [1.82, 2.24) is 14.8 Å². The van der Waals surface area contributed by atoms with E-state index in [0.29, 0.717) is 17.3 Å². The van der Waals surface area contributed by atoms with Gasteiger partial charge in [0.1, 0.15) is 5.82 Å². The maximum absolute atomic E-state index is 10.7. The lowest BCUT2D eigenvalue weighted by Crippen LogP contribution is -2.34. The lowest BCUT2D eigenvalue weighted by Gasteiger charge is -2.36. The van der Waals surface area contributed by atoms with Crippen molar-refractivity contribution in [3.05, 3.63) is 5.82 Å². The summed E-state index contributed by atoms with van der Waals surface area (Å²) in [6, 6.07) is 0.327. The van der Waals surface area contributed by atoms with Crippen molar-refractivity contribution in [2.45, 2.75) is 49.9 Å². The lowest BCUT2D eigenvalue weighted by molar-refractivity contribution is -0.133. The standard InChI is InChI=1S/C12H19N3O3S/c1-7(2)11-13-14-12(19-6-10(16)17)15(11)8-4-9(5-8)18-3/h7-9H,4-6H2,1-3H3,(H,16,17). The molecule has 1 aliphatic rings. The minimum atomic E-state index is -0.839. The van der Waals surface area contributed by atoms with E-state index in [2.05, 4.69) is 28.6 Å². The molecule has 1 heterocycles. The van der Waals surface area contributed by atoms with Crippen molar-refractivity contribution in [3.63, 3.8) is 0 Å². The maximum atomic E-state index is 10.7. The van der Waals surface area contributed by atoms with Crippen LogP contribution in [0.15, 0.2) is 5.16 Å². The van der Waals surface area contributed by atoms with Crippen LogP contribution in [0.1, 0.15) is 44.5 Å². The Bertz CT molecular complexity index is 455. The fraction of sp³-hybridized carbons (Fsp3) is 0.750.